The predicted molar refractivity (Wildman–Crippen MR) is 80.9 cm³/mol. The van der Waals surface area contributed by atoms with E-state index in [0.717, 1.165) is 0 Å². The maximum Gasteiger partial charge on any atom is 0.253 e. The summed E-state index contributed by atoms with van der Waals surface area (Å²) >= 11 is 0. The lowest BCUT2D eigenvalue weighted by Crippen LogP contribution is -2.52. The van der Waals surface area contributed by atoms with Crippen molar-refractivity contribution in [2.75, 3.05) is 37.7 Å². The standard InChI is InChI=1S/C15H19FN2O3S/c16-13-3-1-12(2-4-13)15(19)18-8-6-17(7-9-18)14-5-10-22(20,21)11-14/h1-4,14H,5-11H2/t14-/m1/s1. The van der Waals surface area contributed by atoms with Crippen molar-refractivity contribution in [2.24, 2.45) is 0 Å². The van der Waals surface area contributed by atoms with E-state index in [1.54, 1.807) is 4.90 Å². The fourth-order valence-electron chi connectivity index (χ4n) is 3.13. The summed E-state index contributed by atoms with van der Waals surface area (Å²) in [5, 5.41) is 0. The Morgan fingerprint density at radius 1 is 1.09 bits per heavy atom. The highest BCUT2D eigenvalue weighted by molar-refractivity contribution is 7.91. The first kappa shape index (κ1) is 15.4. The SMILES string of the molecule is O=C(c1ccc(F)cc1)N1CCN([C@@H]2CCS(=O)(=O)C2)CC1. The zero-order valence-corrected chi connectivity index (χ0v) is 13.1. The molecule has 2 heterocycles. The van der Waals surface area contributed by atoms with E-state index in [1.807, 2.05) is 0 Å². The van der Waals surface area contributed by atoms with Gasteiger partial charge in [0.15, 0.2) is 9.84 Å². The molecule has 1 aromatic carbocycles. The molecule has 3 rings (SSSR count). The fourth-order valence-corrected chi connectivity index (χ4v) is 4.89. The van der Waals surface area contributed by atoms with Gasteiger partial charge in [-0.15, -0.1) is 0 Å². The maximum absolute atomic E-state index is 12.9. The normalized spacial score (nSPS) is 25.3. The number of carbonyl (C=O) groups excluding carboxylic acids is 1. The summed E-state index contributed by atoms with van der Waals surface area (Å²) in [5.41, 5.74) is 0.485. The van der Waals surface area contributed by atoms with Crippen LogP contribution in [0, 0.1) is 5.82 Å². The van der Waals surface area contributed by atoms with Gasteiger partial charge in [-0.3, -0.25) is 9.69 Å². The molecule has 0 unspecified atom stereocenters. The van der Waals surface area contributed by atoms with Gasteiger partial charge >= 0.3 is 0 Å². The van der Waals surface area contributed by atoms with Gasteiger partial charge in [-0.05, 0) is 30.7 Å². The van der Waals surface area contributed by atoms with Crippen molar-refractivity contribution >= 4 is 15.7 Å². The molecule has 120 valence electrons. The highest BCUT2D eigenvalue weighted by atomic mass is 32.2. The number of halogens is 1. The Balaban J connectivity index is 1.57. The van der Waals surface area contributed by atoms with Crippen LogP contribution in [0.3, 0.4) is 0 Å². The van der Waals surface area contributed by atoms with E-state index in [-0.39, 0.29) is 29.3 Å². The summed E-state index contributed by atoms with van der Waals surface area (Å²) in [7, 11) is -2.88. The minimum absolute atomic E-state index is 0.0908. The lowest BCUT2D eigenvalue weighted by atomic mass is 10.1. The minimum atomic E-state index is -2.88. The van der Waals surface area contributed by atoms with Crippen molar-refractivity contribution in [1.29, 1.82) is 0 Å². The van der Waals surface area contributed by atoms with E-state index in [4.69, 9.17) is 0 Å². The molecule has 0 spiro atoms. The molecule has 22 heavy (non-hydrogen) atoms. The first-order valence-corrected chi connectivity index (χ1v) is 9.26. The zero-order chi connectivity index (χ0) is 15.7. The highest BCUT2D eigenvalue weighted by Gasteiger charge is 2.34. The van der Waals surface area contributed by atoms with Crippen molar-refractivity contribution in [3.63, 3.8) is 0 Å². The molecule has 0 radical (unpaired) electrons. The fraction of sp³-hybridized carbons (Fsp3) is 0.533. The molecular weight excluding hydrogens is 307 g/mol. The molecule has 2 fully saturated rings. The number of piperazine rings is 1. The van der Waals surface area contributed by atoms with E-state index < -0.39 is 9.84 Å². The van der Waals surface area contributed by atoms with Gasteiger partial charge in [0.05, 0.1) is 11.5 Å². The van der Waals surface area contributed by atoms with Crippen LogP contribution < -0.4 is 0 Å². The average Bonchev–Trinajstić information content (AvgIpc) is 2.88. The molecule has 2 aliphatic rings. The van der Waals surface area contributed by atoms with Gasteiger partial charge < -0.3 is 4.90 Å². The zero-order valence-electron chi connectivity index (χ0n) is 12.2. The lowest BCUT2D eigenvalue weighted by Gasteiger charge is -2.37. The van der Waals surface area contributed by atoms with Crippen LogP contribution in [0.25, 0.3) is 0 Å². The van der Waals surface area contributed by atoms with Gasteiger partial charge in [-0.25, -0.2) is 12.8 Å². The third-order valence-electron chi connectivity index (χ3n) is 4.42. The van der Waals surface area contributed by atoms with Crippen molar-refractivity contribution in [1.82, 2.24) is 9.80 Å². The molecule has 1 aromatic rings. The Morgan fingerprint density at radius 2 is 1.73 bits per heavy atom. The molecule has 1 atom stereocenters. The number of amides is 1. The third-order valence-corrected chi connectivity index (χ3v) is 6.17. The number of benzene rings is 1. The summed E-state index contributed by atoms with van der Waals surface area (Å²) < 4.78 is 36.0. The Labute approximate surface area is 129 Å². The van der Waals surface area contributed by atoms with Crippen LogP contribution in [0.5, 0.6) is 0 Å². The van der Waals surface area contributed by atoms with Crippen LogP contribution >= 0.6 is 0 Å². The average molecular weight is 326 g/mol. The molecular formula is C15H19FN2O3S. The Morgan fingerprint density at radius 3 is 2.27 bits per heavy atom. The van der Waals surface area contributed by atoms with Crippen molar-refractivity contribution in [2.45, 2.75) is 12.5 Å². The lowest BCUT2D eigenvalue weighted by molar-refractivity contribution is 0.0588. The first-order valence-electron chi connectivity index (χ1n) is 7.44. The van der Waals surface area contributed by atoms with Gasteiger partial charge in [0.2, 0.25) is 0 Å². The van der Waals surface area contributed by atoms with Gasteiger partial charge in [-0.2, -0.15) is 0 Å². The predicted octanol–water partition coefficient (Wildman–Crippen LogP) is 0.771. The number of hydrogen-bond acceptors (Lipinski definition) is 4. The summed E-state index contributed by atoms with van der Waals surface area (Å²) in [5.74, 6) is 0.0492. The smallest absolute Gasteiger partial charge is 0.253 e. The van der Waals surface area contributed by atoms with Gasteiger partial charge in [0.1, 0.15) is 5.82 Å². The number of carbonyl (C=O) groups is 1. The monoisotopic (exact) mass is 326 g/mol. The van der Waals surface area contributed by atoms with E-state index in [0.29, 0.717) is 38.2 Å². The van der Waals surface area contributed by atoms with Gasteiger partial charge in [0, 0.05) is 37.8 Å². The first-order chi connectivity index (χ1) is 10.4. The number of sulfone groups is 1. The van der Waals surface area contributed by atoms with E-state index >= 15 is 0 Å². The molecule has 7 heteroatoms. The van der Waals surface area contributed by atoms with Crippen LogP contribution in [0.15, 0.2) is 24.3 Å². The molecule has 2 saturated heterocycles. The number of rotatable bonds is 2. The summed E-state index contributed by atoms with van der Waals surface area (Å²) in [4.78, 5) is 16.2. The van der Waals surface area contributed by atoms with Crippen LogP contribution in [0.4, 0.5) is 4.39 Å². The molecule has 0 N–H and O–H groups in total. The Bertz CT molecular complexity index is 652. The molecule has 0 saturated carbocycles. The number of hydrogen-bond donors (Lipinski definition) is 0. The molecule has 1 amide bonds. The van der Waals surface area contributed by atoms with Gasteiger partial charge in [0.25, 0.3) is 5.91 Å². The summed E-state index contributed by atoms with van der Waals surface area (Å²) in [6.45, 7) is 2.53. The second kappa shape index (κ2) is 5.96. The largest absolute Gasteiger partial charge is 0.336 e. The van der Waals surface area contributed by atoms with Gasteiger partial charge in [-0.1, -0.05) is 0 Å². The van der Waals surface area contributed by atoms with Crippen LogP contribution in [0.2, 0.25) is 0 Å². The molecule has 0 bridgehead atoms. The summed E-state index contributed by atoms with van der Waals surface area (Å²) in [6, 6.07) is 5.65. The number of nitrogens with zero attached hydrogens (tertiary/aromatic N) is 2. The summed E-state index contributed by atoms with van der Waals surface area (Å²) in [6.07, 6.45) is 0.689. The maximum atomic E-state index is 12.9. The van der Waals surface area contributed by atoms with Crippen LogP contribution in [-0.2, 0) is 9.84 Å². The minimum Gasteiger partial charge on any atom is -0.336 e. The van der Waals surface area contributed by atoms with Crippen molar-refractivity contribution in [3.8, 4) is 0 Å². The van der Waals surface area contributed by atoms with Crippen molar-refractivity contribution < 1.29 is 17.6 Å². The Hall–Kier alpha value is -1.47. The topological polar surface area (TPSA) is 57.7 Å². The Kier molecular flexibility index (Phi) is 4.18. The van der Waals surface area contributed by atoms with E-state index in [9.17, 15) is 17.6 Å². The second-order valence-corrected chi connectivity index (χ2v) is 8.12. The second-order valence-electron chi connectivity index (χ2n) is 5.89. The third kappa shape index (κ3) is 3.30. The van der Waals surface area contributed by atoms with E-state index in [2.05, 4.69) is 4.90 Å². The highest BCUT2D eigenvalue weighted by Crippen LogP contribution is 2.20. The van der Waals surface area contributed by atoms with E-state index in [1.165, 1.54) is 24.3 Å². The molecule has 0 aromatic heterocycles. The van der Waals surface area contributed by atoms with Crippen molar-refractivity contribution in [3.05, 3.63) is 35.6 Å². The molecule has 2 aliphatic heterocycles. The van der Waals surface area contributed by atoms with Crippen LogP contribution in [0.1, 0.15) is 16.8 Å². The van der Waals surface area contributed by atoms with Crippen LogP contribution in [-0.4, -0.2) is 67.9 Å². The quantitative estimate of drug-likeness (QED) is 0.805. The molecule has 5 nitrogen and oxygen atoms in total. The molecule has 0 aliphatic carbocycles.